The van der Waals surface area contributed by atoms with Crippen LogP contribution in [-0.2, 0) is 11.2 Å². The molecule has 1 aromatic heterocycles. The number of carbonyl (C=O) groups is 1. The van der Waals surface area contributed by atoms with Gasteiger partial charge >= 0.3 is 0 Å². The van der Waals surface area contributed by atoms with Gasteiger partial charge in [0.25, 0.3) is 0 Å². The number of hydrogen-bond donors (Lipinski definition) is 3. The molecule has 96 valence electrons. The van der Waals surface area contributed by atoms with Gasteiger partial charge in [-0.3, -0.25) is 9.89 Å². The van der Waals surface area contributed by atoms with Gasteiger partial charge in [-0.25, -0.2) is 0 Å². The highest BCUT2D eigenvalue weighted by molar-refractivity contribution is 5.79. The topological polar surface area (TPSA) is 78.0 Å². The van der Waals surface area contributed by atoms with Crippen molar-refractivity contribution in [2.24, 2.45) is 5.92 Å². The molecule has 0 aliphatic heterocycles. The maximum absolute atomic E-state index is 11.7. The molecule has 0 aromatic carbocycles. The average Bonchev–Trinajstić information content (AvgIpc) is 2.58. The molecule has 0 fully saturated rings. The summed E-state index contributed by atoms with van der Waals surface area (Å²) in [5.74, 6) is 0.304. The second-order valence-corrected chi connectivity index (χ2v) is 4.51. The van der Waals surface area contributed by atoms with Crippen LogP contribution in [0, 0.1) is 19.8 Å². The molecule has 1 atom stereocenters. The minimum absolute atomic E-state index is 0.00221. The van der Waals surface area contributed by atoms with E-state index in [1.807, 2.05) is 20.8 Å². The van der Waals surface area contributed by atoms with Gasteiger partial charge in [-0.05, 0) is 26.2 Å². The number of aryl methyl sites for hydroxylation is 2. The van der Waals surface area contributed by atoms with Crippen LogP contribution in [0.15, 0.2) is 0 Å². The van der Waals surface area contributed by atoms with Crippen LogP contribution in [0.25, 0.3) is 0 Å². The Kier molecular flexibility index (Phi) is 5.15. The van der Waals surface area contributed by atoms with E-state index in [9.17, 15) is 4.79 Å². The van der Waals surface area contributed by atoms with Crippen molar-refractivity contribution >= 4 is 5.91 Å². The second-order valence-electron chi connectivity index (χ2n) is 4.51. The predicted octanol–water partition coefficient (Wildman–Crippen LogP) is 0.704. The minimum Gasteiger partial charge on any atom is -0.396 e. The highest BCUT2D eigenvalue weighted by atomic mass is 16.3. The molecular weight excluding hydrogens is 218 g/mol. The third kappa shape index (κ3) is 4.19. The summed E-state index contributed by atoms with van der Waals surface area (Å²) < 4.78 is 0. The molecule has 0 aliphatic carbocycles. The molecule has 0 radical (unpaired) electrons. The Morgan fingerprint density at radius 2 is 2.24 bits per heavy atom. The molecule has 1 amide bonds. The first-order chi connectivity index (χ1) is 8.04. The Morgan fingerprint density at radius 1 is 1.53 bits per heavy atom. The molecule has 17 heavy (non-hydrogen) atoms. The third-order valence-electron chi connectivity index (χ3n) is 2.89. The number of aliphatic hydroxyl groups excluding tert-OH is 1. The van der Waals surface area contributed by atoms with Crippen LogP contribution < -0.4 is 5.32 Å². The fourth-order valence-electron chi connectivity index (χ4n) is 1.67. The van der Waals surface area contributed by atoms with Crippen molar-refractivity contribution in [3.8, 4) is 0 Å². The third-order valence-corrected chi connectivity index (χ3v) is 2.89. The number of hydrogen-bond acceptors (Lipinski definition) is 3. The molecule has 1 heterocycles. The standard InChI is InChI=1S/C12H21N3O2/c1-8(4-5-16)7-13-12(17)6-11-9(2)14-15-10(11)3/h8,16H,4-7H2,1-3H3,(H,13,17)(H,14,15). The van der Waals surface area contributed by atoms with E-state index < -0.39 is 0 Å². The molecule has 5 heteroatoms. The molecule has 3 N–H and O–H groups in total. The summed E-state index contributed by atoms with van der Waals surface area (Å²) in [6.45, 7) is 6.58. The molecule has 0 spiro atoms. The zero-order chi connectivity index (χ0) is 12.8. The Morgan fingerprint density at radius 3 is 2.76 bits per heavy atom. The number of amides is 1. The average molecular weight is 239 g/mol. The number of carbonyl (C=O) groups excluding carboxylic acids is 1. The van der Waals surface area contributed by atoms with Gasteiger partial charge < -0.3 is 10.4 Å². The van der Waals surface area contributed by atoms with Crippen LogP contribution >= 0.6 is 0 Å². The molecular formula is C12H21N3O2. The van der Waals surface area contributed by atoms with Crippen molar-refractivity contribution in [2.75, 3.05) is 13.2 Å². The van der Waals surface area contributed by atoms with Crippen LogP contribution in [0.3, 0.4) is 0 Å². The van der Waals surface area contributed by atoms with E-state index in [2.05, 4.69) is 15.5 Å². The largest absolute Gasteiger partial charge is 0.396 e. The van der Waals surface area contributed by atoms with Crippen molar-refractivity contribution in [1.29, 1.82) is 0 Å². The number of aromatic nitrogens is 2. The van der Waals surface area contributed by atoms with Crippen molar-refractivity contribution < 1.29 is 9.90 Å². The maximum Gasteiger partial charge on any atom is 0.224 e. The van der Waals surface area contributed by atoms with Gasteiger partial charge in [-0.15, -0.1) is 0 Å². The van der Waals surface area contributed by atoms with Gasteiger partial charge in [0.05, 0.1) is 12.1 Å². The molecule has 0 bridgehead atoms. The first-order valence-electron chi connectivity index (χ1n) is 5.92. The zero-order valence-corrected chi connectivity index (χ0v) is 10.7. The smallest absolute Gasteiger partial charge is 0.224 e. The van der Waals surface area contributed by atoms with Crippen LogP contribution in [0.1, 0.15) is 30.3 Å². The normalized spacial score (nSPS) is 12.5. The molecule has 0 saturated carbocycles. The summed E-state index contributed by atoms with van der Waals surface area (Å²) >= 11 is 0. The van der Waals surface area contributed by atoms with E-state index >= 15 is 0 Å². The highest BCUT2D eigenvalue weighted by Gasteiger charge is 2.11. The number of rotatable bonds is 6. The van der Waals surface area contributed by atoms with Crippen LogP contribution in [-0.4, -0.2) is 34.4 Å². The lowest BCUT2D eigenvalue weighted by atomic mass is 10.1. The summed E-state index contributed by atoms with van der Waals surface area (Å²) in [6, 6.07) is 0. The SMILES string of the molecule is Cc1n[nH]c(C)c1CC(=O)NCC(C)CCO. The quantitative estimate of drug-likeness (QED) is 0.684. The van der Waals surface area contributed by atoms with Gasteiger partial charge in [-0.1, -0.05) is 6.92 Å². The summed E-state index contributed by atoms with van der Waals surface area (Å²) in [4.78, 5) is 11.7. The summed E-state index contributed by atoms with van der Waals surface area (Å²) in [5, 5.41) is 18.5. The number of nitrogens with one attached hydrogen (secondary N) is 2. The second kappa shape index (κ2) is 6.39. The maximum atomic E-state index is 11.7. The van der Waals surface area contributed by atoms with E-state index in [0.29, 0.717) is 25.3 Å². The Hall–Kier alpha value is -1.36. The summed E-state index contributed by atoms with van der Waals surface area (Å²) in [7, 11) is 0. The monoisotopic (exact) mass is 239 g/mol. The summed E-state index contributed by atoms with van der Waals surface area (Å²) in [6.07, 6.45) is 1.07. The predicted molar refractivity (Wildman–Crippen MR) is 65.6 cm³/mol. The molecule has 0 saturated heterocycles. The Balaban J connectivity index is 2.40. The van der Waals surface area contributed by atoms with E-state index in [1.165, 1.54) is 0 Å². The van der Waals surface area contributed by atoms with Gasteiger partial charge in [0.1, 0.15) is 0 Å². The Labute approximate surface area is 102 Å². The first kappa shape index (κ1) is 13.7. The van der Waals surface area contributed by atoms with Crippen molar-refractivity contribution in [1.82, 2.24) is 15.5 Å². The van der Waals surface area contributed by atoms with Gasteiger partial charge in [0, 0.05) is 24.4 Å². The zero-order valence-electron chi connectivity index (χ0n) is 10.7. The molecule has 1 unspecified atom stereocenters. The van der Waals surface area contributed by atoms with Crippen LogP contribution in [0.5, 0.6) is 0 Å². The lowest BCUT2D eigenvalue weighted by Gasteiger charge is -2.11. The summed E-state index contributed by atoms with van der Waals surface area (Å²) in [5.41, 5.74) is 2.79. The van der Waals surface area contributed by atoms with Crippen molar-refractivity contribution in [3.63, 3.8) is 0 Å². The first-order valence-corrected chi connectivity index (χ1v) is 5.92. The number of H-pyrrole nitrogens is 1. The number of aromatic amines is 1. The van der Waals surface area contributed by atoms with E-state index in [0.717, 1.165) is 17.0 Å². The Bertz CT molecular complexity index is 354. The van der Waals surface area contributed by atoms with Gasteiger partial charge in [-0.2, -0.15) is 5.10 Å². The lowest BCUT2D eigenvalue weighted by molar-refractivity contribution is -0.120. The van der Waals surface area contributed by atoms with Gasteiger partial charge in [0.2, 0.25) is 5.91 Å². The van der Waals surface area contributed by atoms with Crippen LogP contribution in [0.4, 0.5) is 0 Å². The number of aliphatic hydroxyl groups is 1. The van der Waals surface area contributed by atoms with Crippen molar-refractivity contribution in [2.45, 2.75) is 33.6 Å². The molecule has 5 nitrogen and oxygen atoms in total. The molecule has 0 aliphatic rings. The lowest BCUT2D eigenvalue weighted by Crippen LogP contribution is -2.30. The van der Waals surface area contributed by atoms with Crippen LogP contribution in [0.2, 0.25) is 0 Å². The number of nitrogens with zero attached hydrogens (tertiary/aromatic N) is 1. The minimum atomic E-state index is 0.00221. The molecule has 1 aromatic rings. The fraction of sp³-hybridized carbons (Fsp3) is 0.667. The van der Waals surface area contributed by atoms with Crippen molar-refractivity contribution in [3.05, 3.63) is 17.0 Å². The van der Waals surface area contributed by atoms with Gasteiger partial charge in [0.15, 0.2) is 0 Å². The van der Waals surface area contributed by atoms with E-state index in [-0.39, 0.29) is 12.5 Å². The molecule has 1 rings (SSSR count). The van der Waals surface area contributed by atoms with E-state index in [1.54, 1.807) is 0 Å². The van der Waals surface area contributed by atoms with E-state index in [4.69, 9.17) is 5.11 Å². The highest BCUT2D eigenvalue weighted by Crippen LogP contribution is 2.09. The fourth-order valence-corrected chi connectivity index (χ4v) is 1.67.